The summed E-state index contributed by atoms with van der Waals surface area (Å²) in [4.78, 5) is 49.1. The molecule has 0 radical (unpaired) electrons. The zero-order valence-electron chi connectivity index (χ0n) is 17.2. The van der Waals surface area contributed by atoms with Crippen LogP contribution in [0.2, 0.25) is 10.0 Å². The number of esters is 2. The average Bonchev–Trinajstić information content (AvgIpc) is 3.22. The molecular formula is C21H17Cl2NO7S. The second-order valence-electron chi connectivity index (χ2n) is 6.52. The first kappa shape index (κ1) is 23.8. The quantitative estimate of drug-likeness (QED) is 0.348. The van der Waals surface area contributed by atoms with Gasteiger partial charge in [0.05, 0.1) is 17.2 Å². The van der Waals surface area contributed by atoms with Gasteiger partial charge in [0.1, 0.15) is 16.2 Å². The third-order valence-electron chi connectivity index (χ3n) is 4.28. The molecule has 0 atom stereocenters. The number of aryl methyl sites for hydroxylation is 1. The molecule has 1 N–H and O–H groups in total. The molecule has 11 heteroatoms. The molecule has 2 heterocycles. The molecule has 0 spiro atoms. The Kier molecular flexibility index (Phi) is 7.22. The van der Waals surface area contributed by atoms with Gasteiger partial charge in [-0.2, -0.15) is 0 Å². The lowest BCUT2D eigenvalue weighted by molar-refractivity contribution is -0.119. The zero-order chi connectivity index (χ0) is 23.6. The normalized spacial score (nSPS) is 10.8. The van der Waals surface area contributed by atoms with Crippen molar-refractivity contribution in [2.45, 2.75) is 20.8 Å². The maximum Gasteiger partial charge on any atom is 0.350 e. The number of ether oxygens (including phenoxy) is 2. The largest absolute Gasteiger partial charge is 0.462 e. The molecule has 1 amide bonds. The molecule has 0 aliphatic heterocycles. The van der Waals surface area contributed by atoms with Gasteiger partial charge in [0.2, 0.25) is 5.88 Å². The van der Waals surface area contributed by atoms with Crippen LogP contribution in [0.3, 0.4) is 0 Å². The molecule has 2 aromatic heterocycles. The number of furan rings is 1. The molecule has 0 aliphatic carbocycles. The first-order valence-corrected chi connectivity index (χ1v) is 10.9. The summed E-state index contributed by atoms with van der Waals surface area (Å²) in [5.74, 6) is -2.95. The molecule has 0 saturated carbocycles. The van der Waals surface area contributed by atoms with E-state index in [0.29, 0.717) is 15.1 Å². The van der Waals surface area contributed by atoms with Crippen LogP contribution in [0.25, 0.3) is 10.1 Å². The van der Waals surface area contributed by atoms with Crippen molar-refractivity contribution in [2.24, 2.45) is 0 Å². The number of carbonyl (C=O) groups is 4. The molecule has 168 valence electrons. The Labute approximate surface area is 196 Å². The Morgan fingerprint density at radius 3 is 2.47 bits per heavy atom. The second-order valence-corrected chi connectivity index (χ2v) is 8.39. The van der Waals surface area contributed by atoms with Crippen LogP contribution < -0.4 is 5.32 Å². The van der Waals surface area contributed by atoms with Crippen molar-refractivity contribution >= 4 is 74.1 Å². The maximum absolute atomic E-state index is 12.4. The van der Waals surface area contributed by atoms with Gasteiger partial charge in [-0.3, -0.25) is 14.9 Å². The number of ketones is 1. The van der Waals surface area contributed by atoms with E-state index in [0.717, 1.165) is 11.3 Å². The van der Waals surface area contributed by atoms with Crippen LogP contribution in [0.5, 0.6) is 0 Å². The van der Waals surface area contributed by atoms with Gasteiger partial charge in [-0.15, -0.1) is 11.3 Å². The first-order valence-electron chi connectivity index (χ1n) is 9.30. The SMILES string of the molecule is CCOC(=O)c1c(NC(=O)COC(=O)c2sc3cc(Cl)ccc3c2Cl)oc(C)c1C(C)=O. The minimum Gasteiger partial charge on any atom is -0.462 e. The number of Topliss-reactive ketones (excluding diaryl/α,β-unsaturated/α-hetero) is 1. The molecule has 0 bridgehead atoms. The Balaban J connectivity index is 1.75. The molecule has 32 heavy (non-hydrogen) atoms. The smallest absolute Gasteiger partial charge is 0.350 e. The van der Waals surface area contributed by atoms with Crippen molar-refractivity contribution in [2.75, 3.05) is 18.5 Å². The molecule has 3 rings (SSSR count). The zero-order valence-corrected chi connectivity index (χ0v) is 19.5. The van der Waals surface area contributed by atoms with Crippen molar-refractivity contribution in [3.05, 3.63) is 50.0 Å². The third kappa shape index (κ3) is 4.79. The fourth-order valence-electron chi connectivity index (χ4n) is 2.98. The highest BCUT2D eigenvalue weighted by Gasteiger charge is 2.29. The van der Waals surface area contributed by atoms with E-state index in [2.05, 4.69) is 5.32 Å². The summed E-state index contributed by atoms with van der Waals surface area (Å²) < 4.78 is 16.1. The molecule has 8 nitrogen and oxygen atoms in total. The first-order chi connectivity index (χ1) is 15.1. The predicted octanol–water partition coefficient (Wildman–Crippen LogP) is 5.28. The number of carbonyl (C=O) groups excluding carboxylic acids is 4. The van der Waals surface area contributed by atoms with Gasteiger partial charge in [-0.05, 0) is 32.9 Å². The van der Waals surface area contributed by atoms with Gasteiger partial charge in [0.15, 0.2) is 12.4 Å². The van der Waals surface area contributed by atoms with Crippen LogP contribution in [0.1, 0.15) is 50.0 Å². The molecule has 1 aromatic carbocycles. The molecule has 0 aliphatic rings. The van der Waals surface area contributed by atoms with E-state index in [1.54, 1.807) is 25.1 Å². The van der Waals surface area contributed by atoms with E-state index in [1.807, 2.05) is 0 Å². The standard InChI is InChI=1S/C21H17Cl2NO7S/c1-4-29-20(27)16-15(9(2)25)10(3)31-19(16)24-14(26)8-30-21(28)18-17(23)12-6-5-11(22)7-13(12)32-18/h5-7H,4,8H2,1-3H3,(H,24,26). The van der Waals surface area contributed by atoms with Crippen LogP contribution in [0.15, 0.2) is 22.6 Å². The Bertz CT molecular complexity index is 1240. The number of rotatable bonds is 7. The van der Waals surface area contributed by atoms with Crippen molar-refractivity contribution in [1.29, 1.82) is 0 Å². The minimum atomic E-state index is -0.822. The summed E-state index contributed by atoms with van der Waals surface area (Å²) in [6, 6.07) is 5.00. The average molecular weight is 498 g/mol. The number of thiophene rings is 1. The molecular weight excluding hydrogens is 481 g/mol. The van der Waals surface area contributed by atoms with Gasteiger partial charge in [0, 0.05) is 15.1 Å². The Morgan fingerprint density at radius 1 is 1.09 bits per heavy atom. The molecule has 0 saturated heterocycles. The highest BCUT2D eigenvalue weighted by Crippen LogP contribution is 2.37. The van der Waals surface area contributed by atoms with Crippen molar-refractivity contribution in [3.63, 3.8) is 0 Å². The lowest BCUT2D eigenvalue weighted by Crippen LogP contribution is -2.22. The van der Waals surface area contributed by atoms with Crippen molar-refractivity contribution < 1.29 is 33.1 Å². The van der Waals surface area contributed by atoms with Crippen LogP contribution in [0, 0.1) is 6.92 Å². The highest BCUT2D eigenvalue weighted by molar-refractivity contribution is 7.21. The summed E-state index contributed by atoms with van der Waals surface area (Å²) in [6.07, 6.45) is 0. The summed E-state index contributed by atoms with van der Waals surface area (Å²) >= 11 is 13.3. The van der Waals surface area contributed by atoms with Crippen LogP contribution in [-0.4, -0.2) is 36.8 Å². The second kappa shape index (κ2) is 9.72. The van der Waals surface area contributed by atoms with E-state index in [1.165, 1.54) is 13.8 Å². The number of benzene rings is 1. The topological polar surface area (TPSA) is 112 Å². The van der Waals surface area contributed by atoms with Gasteiger partial charge < -0.3 is 13.9 Å². The number of nitrogens with one attached hydrogen (secondary N) is 1. The number of amides is 1. The number of hydrogen-bond donors (Lipinski definition) is 1. The van der Waals surface area contributed by atoms with Crippen molar-refractivity contribution in [3.8, 4) is 0 Å². The van der Waals surface area contributed by atoms with E-state index in [-0.39, 0.29) is 39.3 Å². The Hall–Kier alpha value is -2.88. The summed E-state index contributed by atoms with van der Waals surface area (Å²) in [5.41, 5.74) is -0.188. The maximum atomic E-state index is 12.4. The van der Waals surface area contributed by atoms with E-state index < -0.39 is 30.2 Å². The monoisotopic (exact) mass is 497 g/mol. The van der Waals surface area contributed by atoms with Crippen LogP contribution in [0.4, 0.5) is 5.88 Å². The van der Waals surface area contributed by atoms with Crippen LogP contribution >= 0.6 is 34.5 Å². The number of fused-ring (bicyclic) bond motifs is 1. The fraction of sp³-hybridized carbons (Fsp3) is 0.238. The van der Waals surface area contributed by atoms with Crippen LogP contribution in [-0.2, 0) is 14.3 Å². The number of anilines is 1. The number of hydrogen-bond acceptors (Lipinski definition) is 8. The van der Waals surface area contributed by atoms with Gasteiger partial charge in [0.25, 0.3) is 5.91 Å². The highest BCUT2D eigenvalue weighted by atomic mass is 35.5. The Morgan fingerprint density at radius 2 is 1.81 bits per heavy atom. The van der Waals surface area contributed by atoms with E-state index >= 15 is 0 Å². The van der Waals surface area contributed by atoms with Gasteiger partial charge in [-0.1, -0.05) is 29.3 Å². The molecule has 0 unspecified atom stereocenters. The molecule has 0 fully saturated rings. The minimum absolute atomic E-state index is 0.00598. The fourth-order valence-corrected chi connectivity index (χ4v) is 4.66. The summed E-state index contributed by atoms with van der Waals surface area (Å²) in [5, 5.41) is 3.67. The van der Waals surface area contributed by atoms with E-state index in [4.69, 9.17) is 37.1 Å². The predicted molar refractivity (Wildman–Crippen MR) is 120 cm³/mol. The van der Waals surface area contributed by atoms with Gasteiger partial charge >= 0.3 is 11.9 Å². The third-order valence-corrected chi connectivity index (χ3v) is 6.15. The lowest BCUT2D eigenvalue weighted by Gasteiger charge is -2.07. The molecule has 3 aromatic rings. The van der Waals surface area contributed by atoms with E-state index in [9.17, 15) is 19.2 Å². The van der Waals surface area contributed by atoms with Gasteiger partial charge in [-0.25, -0.2) is 9.59 Å². The lowest BCUT2D eigenvalue weighted by atomic mass is 10.1. The summed E-state index contributed by atoms with van der Waals surface area (Å²) in [6.45, 7) is 3.72. The van der Waals surface area contributed by atoms with Crippen molar-refractivity contribution in [1.82, 2.24) is 0 Å². The number of halogens is 2. The summed E-state index contributed by atoms with van der Waals surface area (Å²) in [7, 11) is 0.